The van der Waals surface area contributed by atoms with Crippen LogP contribution in [-0.4, -0.2) is 26.7 Å². The van der Waals surface area contributed by atoms with Crippen LogP contribution >= 0.6 is 23.2 Å². The lowest BCUT2D eigenvalue weighted by molar-refractivity contribution is 0.0996. The summed E-state index contributed by atoms with van der Waals surface area (Å²) < 4.78 is 46.3. The summed E-state index contributed by atoms with van der Waals surface area (Å²) in [5, 5.41) is -0.703. The van der Waals surface area contributed by atoms with E-state index < -0.39 is 20.9 Å². The second-order valence-corrected chi connectivity index (χ2v) is 7.48. The van der Waals surface area contributed by atoms with Crippen molar-refractivity contribution in [3.63, 3.8) is 0 Å². The standard InChI is InChI=1S/C12H12Cl2FNO3S/c13-7-2-4-10(11(14)12(7)15)20(17,18)16-8-5-6-1-3-9(8)19-6/h2,4,6,8-9,16H,1,3,5H2/t6-,8-,9-/m1/s1. The Bertz CT molecular complexity index is 652. The molecule has 1 aromatic carbocycles. The first-order valence-electron chi connectivity index (χ1n) is 6.20. The predicted molar refractivity (Wildman–Crippen MR) is 73.0 cm³/mol. The zero-order valence-electron chi connectivity index (χ0n) is 10.3. The molecule has 0 aliphatic carbocycles. The van der Waals surface area contributed by atoms with Crippen LogP contribution in [0, 0.1) is 5.82 Å². The summed E-state index contributed by atoms with van der Waals surface area (Å²) >= 11 is 11.3. The van der Waals surface area contributed by atoms with E-state index in [0.29, 0.717) is 6.42 Å². The number of fused-ring (bicyclic) bond motifs is 2. The number of hydrogen-bond donors (Lipinski definition) is 1. The van der Waals surface area contributed by atoms with Crippen molar-refractivity contribution < 1.29 is 17.5 Å². The summed E-state index contributed by atoms with van der Waals surface area (Å²) in [6.07, 6.45) is 2.44. The summed E-state index contributed by atoms with van der Waals surface area (Å²) in [5.74, 6) is -0.930. The van der Waals surface area contributed by atoms with Crippen LogP contribution in [0.1, 0.15) is 19.3 Å². The fourth-order valence-electron chi connectivity index (χ4n) is 2.74. The van der Waals surface area contributed by atoms with Gasteiger partial charge < -0.3 is 4.74 Å². The molecule has 1 aromatic rings. The largest absolute Gasteiger partial charge is 0.373 e. The normalized spacial score (nSPS) is 29.1. The number of rotatable bonds is 3. The van der Waals surface area contributed by atoms with Gasteiger partial charge in [-0.25, -0.2) is 17.5 Å². The van der Waals surface area contributed by atoms with Gasteiger partial charge in [-0.05, 0) is 31.4 Å². The number of sulfonamides is 1. The Balaban J connectivity index is 1.87. The monoisotopic (exact) mass is 339 g/mol. The predicted octanol–water partition coefficient (Wildman–Crippen LogP) is 2.73. The van der Waals surface area contributed by atoms with Crippen LogP contribution in [0.3, 0.4) is 0 Å². The third-order valence-corrected chi connectivity index (χ3v) is 6.01. The molecule has 0 radical (unpaired) electrons. The Morgan fingerprint density at radius 3 is 2.65 bits per heavy atom. The number of ether oxygens (including phenoxy) is 1. The quantitative estimate of drug-likeness (QED) is 0.861. The summed E-state index contributed by atoms with van der Waals surface area (Å²) in [5.41, 5.74) is 0. The molecule has 2 fully saturated rings. The highest BCUT2D eigenvalue weighted by Gasteiger charge is 2.42. The first kappa shape index (κ1) is 14.5. The van der Waals surface area contributed by atoms with Crippen LogP contribution in [0.5, 0.6) is 0 Å². The van der Waals surface area contributed by atoms with Gasteiger partial charge in [0.25, 0.3) is 0 Å². The third-order valence-electron chi connectivity index (χ3n) is 3.70. The minimum absolute atomic E-state index is 0.106. The number of nitrogens with one attached hydrogen (secondary N) is 1. The SMILES string of the molecule is O=S(=O)(N[C@@H]1C[C@H]2CC[C@H]1O2)c1ccc(Cl)c(F)c1Cl. The fraction of sp³-hybridized carbons (Fsp3) is 0.500. The molecule has 3 rings (SSSR count). The van der Waals surface area contributed by atoms with Crippen molar-refractivity contribution in [3.8, 4) is 0 Å². The van der Waals surface area contributed by atoms with Crippen LogP contribution in [-0.2, 0) is 14.8 Å². The Kier molecular flexibility index (Phi) is 3.71. The van der Waals surface area contributed by atoms with E-state index in [9.17, 15) is 12.8 Å². The molecule has 3 atom stereocenters. The molecule has 2 saturated heterocycles. The molecule has 110 valence electrons. The average Bonchev–Trinajstić information content (AvgIpc) is 2.97. The second-order valence-electron chi connectivity index (χ2n) is 5.01. The summed E-state index contributed by atoms with van der Waals surface area (Å²) in [4.78, 5) is -0.302. The highest BCUT2D eigenvalue weighted by Crippen LogP contribution is 2.36. The molecule has 2 aliphatic rings. The van der Waals surface area contributed by atoms with Gasteiger partial charge in [0.2, 0.25) is 10.0 Å². The smallest absolute Gasteiger partial charge is 0.242 e. The van der Waals surface area contributed by atoms with Crippen LogP contribution in [0.4, 0.5) is 4.39 Å². The van der Waals surface area contributed by atoms with E-state index in [2.05, 4.69) is 4.72 Å². The highest BCUT2D eigenvalue weighted by atomic mass is 35.5. The maximum absolute atomic E-state index is 13.6. The molecule has 4 nitrogen and oxygen atoms in total. The van der Waals surface area contributed by atoms with Crippen molar-refractivity contribution in [1.29, 1.82) is 0 Å². The van der Waals surface area contributed by atoms with Crippen molar-refractivity contribution >= 4 is 33.2 Å². The van der Waals surface area contributed by atoms with Gasteiger partial charge in [0.15, 0.2) is 5.82 Å². The molecular weight excluding hydrogens is 328 g/mol. The van der Waals surface area contributed by atoms with Gasteiger partial charge in [-0.1, -0.05) is 23.2 Å². The van der Waals surface area contributed by atoms with E-state index in [-0.39, 0.29) is 28.2 Å². The molecule has 8 heteroatoms. The third kappa shape index (κ3) is 2.44. The lowest BCUT2D eigenvalue weighted by atomic mass is 9.96. The molecule has 0 spiro atoms. The summed E-state index contributed by atoms with van der Waals surface area (Å²) in [6, 6.07) is 2.09. The van der Waals surface area contributed by atoms with Gasteiger partial charge in [-0.15, -0.1) is 0 Å². The van der Waals surface area contributed by atoms with E-state index in [1.165, 1.54) is 12.1 Å². The zero-order valence-corrected chi connectivity index (χ0v) is 12.6. The Hall–Kier alpha value is -0.400. The molecule has 2 heterocycles. The topological polar surface area (TPSA) is 55.4 Å². The molecule has 0 amide bonds. The Labute approximate surface area is 126 Å². The lowest BCUT2D eigenvalue weighted by Gasteiger charge is -2.20. The van der Waals surface area contributed by atoms with Gasteiger partial charge in [-0.2, -0.15) is 0 Å². The van der Waals surface area contributed by atoms with Crippen molar-refractivity contribution in [2.75, 3.05) is 0 Å². The maximum atomic E-state index is 13.6. The number of halogens is 3. The molecule has 2 aliphatic heterocycles. The van der Waals surface area contributed by atoms with E-state index in [4.69, 9.17) is 27.9 Å². The minimum Gasteiger partial charge on any atom is -0.373 e. The fourth-order valence-corrected chi connectivity index (χ4v) is 4.76. The van der Waals surface area contributed by atoms with Gasteiger partial charge in [0, 0.05) is 0 Å². The van der Waals surface area contributed by atoms with Gasteiger partial charge in [0.1, 0.15) is 4.90 Å². The molecule has 0 unspecified atom stereocenters. The Morgan fingerprint density at radius 1 is 1.30 bits per heavy atom. The second kappa shape index (κ2) is 5.10. The zero-order chi connectivity index (χ0) is 14.5. The molecule has 2 bridgehead atoms. The average molecular weight is 340 g/mol. The van der Waals surface area contributed by atoms with E-state index in [1.54, 1.807) is 0 Å². The van der Waals surface area contributed by atoms with E-state index >= 15 is 0 Å². The van der Waals surface area contributed by atoms with Crippen molar-refractivity contribution in [2.24, 2.45) is 0 Å². The summed E-state index contributed by atoms with van der Waals surface area (Å²) in [6.45, 7) is 0. The number of hydrogen-bond acceptors (Lipinski definition) is 3. The van der Waals surface area contributed by atoms with Gasteiger partial charge >= 0.3 is 0 Å². The van der Waals surface area contributed by atoms with Gasteiger partial charge in [0.05, 0.1) is 28.3 Å². The highest BCUT2D eigenvalue weighted by molar-refractivity contribution is 7.89. The van der Waals surface area contributed by atoms with Crippen LogP contribution in [0.2, 0.25) is 10.0 Å². The first-order chi connectivity index (χ1) is 9.38. The van der Waals surface area contributed by atoms with E-state index in [0.717, 1.165) is 12.8 Å². The summed E-state index contributed by atoms with van der Waals surface area (Å²) in [7, 11) is -3.90. The van der Waals surface area contributed by atoms with Gasteiger partial charge in [-0.3, -0.25) is 0 Å². The molecule has 0 saturated carbocycles. The Morgan fingerprint density at radius 2 is 2.05 bits per heavy atom. The molecular formula is C12H12Cl2FNO3S. The van der Waals surface area contributed by atoms with E-state index in [1.807, 2.05) is 0 Å². The molecule has 20 heavy (non-hydrogen) atoms. The molecule has 1 N–H and O–H groups in total. The minimum atomic E-state index is -3.90. The first-order valence-corrected chi connectivity index (χ1v) is 8.43. The molecule has 0 aromatic heterocycles. The van der Waals surface area contributed by atoms with Crippen LogP contribution < -0.4 is 4.72 Å². The van der Waals surface area contributed by atoms with Crippen molar-refractivity contribution in [1.82, 2.24) is 4.72 Å². The number of benzene rings is 1. The lowest BCUT2D eigenvalue weighted by Crippen LogP contribution is -2.41. The van der Waals surface area contributed by atoms with Crippen molar-refractivity contribution in [3.05, 3.63) is 28.0 Å². The maximum Gasteiger partial charge on any atom is 0.242 e. The van der Waals surface area contributed by atoms with Crippen LogP contribution in [0.25, 0.3) is 0 Å². The van der Waals surface area contributed by atoms with Crippen LogP contribution in [0.15, 0.2) is 17.0 Å². The van der Waals surface area contributed by atoms with Crippen molar-refractivity contribution in [2.45, 2.75) is 42.4 Å².